The molecule has 0 spiro atoms. The number of fused-ring (bicyclic) bond motifs is 4. The lowest BCUT2D eigenvalue weighted by atomic mass is 9.99. The maximum atomic E-state index is 5.80. The van der Waals surface area contributed by atoms with E-state index in [1.807, 2.05) is 42.6 Å². The average Bonchev–Trinajstić information content (AvgIpc) is 1.66. The van der Waals surface area contributed by atoms with Crippen LogP contribution in [0.5, 0.6) is 0 Å². The number of para-hydroxylation sites is 2. The van der Waals surface area contributed by atoms with Gasteiger partial charge in [0, 0.05) is 295 Å². The molecule has 8 aromatic rings. The van der Waals surface area contributed by atoms with Crippen LogP contribution < -0.4 is 14.7 Å². The van der Waals surface area contributed by atoms with Crippen LogP contribution in [-0.4, -0.2) is 367 Å². The molecule has 13 heterocycles. The lowest BCUT2D eigenvalue weighted by Gasteiger charge is -2.37. The minimum Gasteiger partial charge on any atom is -0.423 e. The van der Waals surface area contributed by atoms with E-state index in [1.165, 1.54) is 140 Å². The highest BCUT2D eigenvalue weighted by atomic mass is 16.5. The highest BCUT2D eigenvalue weighted by Crippen LogP contribution is 2.26. The summed E-state index contributed by atoms with van der Waals surface area (Å²) in [6.07, 6.45) is 15.6. The van der Waals surface area contributed by atoms with Gasteiger partial charge in [-0.2, -0.15) is 4.98 Å². The van der Waals surface area contributed by atoms with Crippen molar-refractivity contribution in [2.75, 3.05) is 238 Å². The van der Waals surface area contributed by atoms with Gasteiger partial charge in [0.1, 0.15) is 11.3 Å². The Bertz CT molecular complexity index is 4320. The van der Waals surface area contributed by atoms with Crippen molar-refractivity contribution in [2.45, 2.75) is 251 Å². The normalized spacial score (nSPS) is 19.1. The number of likely N-dealkylation sites (N-methyl/N-ethyl adjacent to an activating group) is 1. The predicted molar refractivity (Wildman–Crippen MR) is 576 cm³/mol. The smallest absolute Gasteiger partial charge is 0.298 e. The fourth-order valence-corrected chi connectivity index (χ4v) is 18.8. The molecule has 0 aliphatic carbocycles. The van der Waals surface area contributed by atoms with Gasteiger partial charge < -0.3 is 33.7 Å². The van der Waals surface area contributed by atoms with Crippen molar-refractivity contribution in [1.82, 2.24) is 83.6 Å². The number of piperazine rings is 6. The largest absolute Gasteiger partial charge is 0.423 e. The summed E-state index contributed by atoms with van der Waals surface area (Å²) in [7, 11) is 2.19. The number of anilines is 3. The minimum atomic E-state index is 0.621. The molecule has 5 aromatic carbocycles. The van der Waals surface area contributed by atoms with Crippen molar-refractivity contribution < 1.29 is 9.15 Å². The number of pyridine rings is 1. The van der Waals surface area contributed by atoms with Crippen molar-refractivity contribution in [3.63, 3.8) is 0 Å². The number of nitrogens with zero attached hydrogens (tertiary/aromatic N) is 20. The van der Waals surface area contributed by atoms with Crippen LogP contribution in [0.1, 0.15) is 183 Å². The molecule has 0 amide bonds. The van der Waals surface area contributed by atoms with Crippen LogP contribution >= 0.6 is 0 Å². The third-order valence-electron chi connectivity index (χ3n) is 28.6. The molecule has 22 nitrogen and oxygen atoms in total. The van der Waals surface area contributed by atoms with Crippen LogP contribution in [0.25, 0.3) is 11.1 Å². The molecule has 0 radical (unpaired) electrons. The van der Waals surface area contributed by atoms with E-state index in [2.05, 4.69) is 366 Å². The van der Waals surface area contributed by atoms with E-state index in [1.54, 1.807) is 34.6 Å². The first-order chi connectivity index (χ1) is 65.5. The van der Waals surface area contributed by atoms with Crippen molar-refractivity contribution in [3.05, 3.63) is 209 Å². The molecule has 22 heteroatoms. The number of terminal acetylenes is 1. The molecule has 10 aliphatic rings. The quantitative estimate of drug-likeness (QED) is 0.0851. The van der Waals surface area contributed by atoms with E-state index in [-0.39, 0.29) is 0 Å². The molecular formula is C114H184N20O2. The van der Waals surface area contributed by atoms with Crippen molar-refractivity contribution in [2.24, 2.45) is 0 Å². The third kappa shape index (κ3) is 39.0. The van der Waals surface area contributed by atoms with Gasteiger partial charge in [-0.15, -0.1) is 6.42 Å². The van der Waals surface area contributed by atoms with Crippen LogP contribution in [0, 0.1) is 19.3 Å². The number of hydrogen-bond acceptors (Lipinski definition) is 22. The Kier molecular flexibility index (Phi) is 49.6. The minimum absolute atomic E-state index is 0.621. The molecule has 10 aliphatic heterocycles. The van der Waals surface area contributed by atoms with Gasteiger partial charge in [-0.05, 0) is 247 Å². The average molecular weight is 1870 g/mol. The lowest BCUT2D eigenvalue weighted by molar-refractivity contribution is 0.0238. The SMILES string of the molecule is C#CCN1CCN(C(C)C)CC1.CC(C)N1CCN(C)CC1.CC(C)N1CCN(c2ccccn2)CC1.CC(C)N1CCN(c2nc3ccccc3o2)CC1.CC(C)N1CCN(c2ncccn2)CC1.CC(C)N1CCOCC1.CC(C)N1CCc2ccccc2C1.CC(C)N1CCc2ccccc2C1.CC(C)N1CCc2ccccc2CC1.Cc1ccc(CN2CCN(C(C)C)CC2)cc1. The summed E-state index contributed by atoms with van der Waals surface area (Å²) in [5.74, 6) is 4.66. The number of rotatable bonds is 16. The molecular weight excluding hydrogens is 1680 g/mol. The summed E-state index contributed by atoms with van der Waals surface area (Å²) in [6.45, 7) is 87.7. The van der Waals surface area contributed by atoms with E-state index >= 15 is 0 Å². The number of aryl methyl sites for hydroxylation is 1. The zero-order chi connectivity index (χ0) is 97.8. The summed E-state index contributed by atoms with van der Waals surface area (Å²) < 4.78 is 11.0. The maximum Gasteiger partial charge on any atom is 0.298 e. The van der Waals surface area contributed by atoms with Gasteiger partial charge in [0.15, 0.2) is 5.58 Å². The molecule has 136 heavy (non-hydrogen) atoms. The van der Waals surface area contributed by atoms with Crippen LogP contribution in [0.15, 0.2) is 169 Å². The third-order valence-corrected chi connectivity index (χ3v) is 28.6. The molecule has 7 fully saturated rings. The lowest BCUT2D eigenvalue weighted by Crippen LogP contribution is -2.49. The standard InChI is InChI=1S/C15H24N2.C14H19N3O.C13H19N.C12H19N3.2C12H17N.C11H18N4.C10H18N2.C8H18N2.C7H15NO/c1-13(2)17-10-8-16(9-11-17)12-15-6-4-14(3)5-7-15;1-11(2)16-7-9-17(10-8-16)14-15-12-5-3-4-6-13(12)18-14;1-11(2)14-9-7-12-5-3-4-6-13(12)8-10-14;1-11(2)14-7-9-15(10-8-14)12-5-3-4-6-13-12;2*1-10(2)13-8-7-11-5-3-4-6-12(11)9-13;1-10(2)14-6-8-15(9-7-14)11-12-4-3-5-13-11;1-4-5-11-6-8-12(9-7-11)10(2)3;1-8(2)10-6-4-9(3)5-7-10;1-7(2)8-3-5-9-6-4-8/h4-7,13H,8-12H2,1-3H3;3-6,11H,7-10H2,1-2H3;3-6,11H,7-10H2,1-2H3;3-6,11H,7-10H2,1-2H3;2*3-6,10H,7-9H2,1-2H3;3-5,10H,6-9H2,1-2H3;1,10H,5-9H2,2-3H3;8H,4-7H2,1-3H3;7H,3-6H2,1-2H3. The Morgan fingerprint density at radius 1 is 0.309 bits per heavy atom. The Morgan fingerprint density at radius 2 is 0.640 bits per heavy atom. The predicted octanol–water partition coefficient (Wildman–Crippen LogP) is 16.9. The van der Waals surface area contributed by atoms with Gasteiger partial charge in [0.05, 0.1) is 19.8 Å². The van der Waals surface area contributed by atoms with E-state index < -0.39 is 0 Å². The van der Waals surface area contributed by atoms with Crippen LogP contribution in [-0.2, 0) is 50.1 Å². The molecule has 3 aromatic heterocycles. The van der Waals surface area contributed by atoms with Gasteiger partial charge in [-0.1, -0.05) is 127 Å². The molecule has 0 atom stereocenters. The maximum absolute atomic E-state index is 5.80. The Hall–Kier alpha value is -7.80. The van der Waals surface area contributed by atoms with Crippen molar-refractivity contribution in [3.8, 4) is 12.3 Å². The zero-order valence-electron chi connectivity index (χ0n) is 89.0. The van der Waals surface area contributed by atoms with Crippen molar-refractivity contribution >= 4 is 28.9 Å². The topological polar surface area (TPSA) is 126 Å². The van der Waals surface area contributed by atoms with Crippen LogP contribution in [0.2, 0.25) is 0 Å². The van der Waals surface area contributed by atoms with E-state index in [9.17, 15) is 0 Å². The Morgan fingerprint density at radius 3 is 1.03 bits per heavy atom. The molecule has 752 valence electrons. The number of morpholine rings is 1. The second kappa shape index (κ2) is 60.4. The van der Waals surface area contributed by atoms with E-state index in [0.717, 1.165) is 179 Å². The van der Waals surface area contributed by atoms with Gasteiger partial charge in [-0.25, -0.2) is 15.0 Å². The molecule has 0 N–H and O–H groups in total. The number of aromatic nitrogens is 4. The van der Waals surface area contributed by atoms with Crippen molar-refractivity contribution in [1.29, 1.82) is 0 Å². The fourth-order valence-electron chi connectivity index (χ4n) is 18.8. The summed E-state index contributed by atoms with van der Waals surface area (Å²) in [6, 6.07) is 58.8. The van der Waals surface area contributed by atoms with Gasteiger partial charge in [0.2, 0.25) is 5.95 Å². The Balaban J connectivity index is 0.000000170. The van der Waals surface area contributed by atoms with Gasteiger partial charge >= 0.3 is 0 Å². The van der Waals surface area contributed by atoms with Crippen LogP contribution in [0.4, 0.5) is 17.8 Å². The first kappa shape index (κ1) is 112. The second-order valence-electron chi connectivity index (χ2n) is 41.3. The Labute approximate surface area is 826 Å². The number of benzene rings is 5. The highest BCUT2D eigenvalue weighted by molar-refractivity contribution is 5.74. The number of hydrogen-bond donors (Lipinski definition) is 0. The first-order valence-electron chi connectivity index (χ1n) is 52.6. The van der Waals surface area contributed by atoms with Gasteiger partial charge in [0.25, 0.3) is 6.01 Å². The number of oxazole rings is 1. The van der Waals surface area contributed by atoms with Gasteiger partial charge in [-0.3, -0.25) is 53.9 Å². The zero-order valence-corrected chi connectivity index (χ0v) is 89.0. The second-order valence-corrected chi connectivity index (χ2v) is 41.3. The van der Waals surface area contributed by atoms with E-state index in [0.29, 0.717) is 54.4 Å². The molecule has 18 rings (SSSR count). The summed E-state index contributed by atoms with van der Waals surface area (Å²) in [4.78, 5) is 56.7. The number of ether oxygens (including phenoxy) is 1. The summed E-state index contributed by atoms with van der Waals surface area (Å²) in [5.41, 5.74) is 13.8. The highest BCUT2D eigenvalue weighted by Gasteiger charge is 2.28. The monoisotopic (exact) mass is 1870 g/mol. The summed E-state index contributed by atoms with van der Waals surface area (Å²) >= 11 is 0. The fraction of sp³-hybridized carbons (Fsp3) is 0.632. The first-order valence-corrected chi connectivity index (χ1v) is 52.6. The molecule has 0 bridgehead atoms. The molecule has 0 unspecified atom stereocenters. The van der Waals surface area contributed by atoms with Crippen LogP contribution in [0.3, 0.4) is 0 Å². The molecule has 7 saturated heterocycles. The van der Waals surface area contributed by atoms with E-state index in [4.69, 9.17) is 15.6 Å². The molecule has 0 saturated carbocycles. The summed E-state index contributed by atoms with van der Waals surface area (Å²) in [5, 5.41) is 0.